The smallest absolute Gasteiger partial charge is 0.363 e. The molecular formula is C20H21N7O3. The lowest BCUT2D eigenvalue weighted by atomic mass is 10.2. The number of carbonyl (C=O) groups excluding carboxylic acids is 1. The Morgan fingerprint density at radius 2 is 1.97 bits per heavy atom. The fraction of sp³-hybridized carbons (Fsp3) is 0.250. The van der Waals surface area contributed by atoms with Crippen LogP contribution >= 0.6 is 0 Å². The van der Waals surface area contributed by atoms with E-state index in [4.69, 9.17) is 0 Å². The van der Waals surface area contributed by atoms with E-state index >= 15 is 0 Å². The van der Waals surface area contributed by atoms with Gasteiger partial charge in [-0.05, 0) is 39.7 Å². The third-order valence-electron chi connectivity index (χ3n) is 4.93. The minimum Gasteiger partial charge on any atom is -0.365 e. The molecule has 1 aromatic carbocycles. The van der Waals surface area contributed by atoms with Crippen LogP contribution < -0.4 is 10.2 Å². The Morgan fingerprint density at radius 3 is 2.63 bits per heavy atom. The van der Waals surface area contributed by atoms with Crippen molar-refractivity contribution in [2.24, 2.45) is 0 Å². The van der Waals surface area contributed by atoms with Crippen LogP contribution in [0.3, 0.4) is 0 Å². The molecule has 0 radical (unpaired) electrons. The van der Waals surface area contributed by atoms with Crippen molar-refractivity contribution in [2.45, 2.75) is 6.54 Å². The zero-order valence-electron chi connectivity index (χ0n) is 16.2. The molecule has 1 saturated heterocycles. The van der Waals surface area contributed by atoms with Gasteiger partial charge in [0.05, 0.1) is 12.2 Å². The summed E-state index contributed by atoms with van der Waals surface area (Å²) in [4.78, 5) is 30.5. The minimum atomic E-state index is -0.518. The summed E-state index contributed by atoms with van der Waals surface area (Å²) in [5, 5.41) is 17.9. The number of piperazine rings is 1. The highest BCUT2D eigenvalue weighted by molar-refractivity contribution is 5.89. The molecule has 30 heavy (non-hydrogen) atoms. The first-order chi connectivity index (χ1) is 14.6. The van der Waals surface area contributed by atoms with Gasteiger partial charge in [0, 0.05) is 50.3 Å². The molecule has 0 unspecified atom stereocenters. The van der Waals surface area contributed by atoms with Crippen molar-refractivity contribution in [3.8, 4) is 0 Å². The largest absolute Gasteiger partial charge is 0.365 e. The number of carbonyl (C=O) groups is 1. The van der Waals surface area contributed by atoms with Crippen molar-refractivity contribution in [1.29, 1.82) is 0 Å². The molecule has 3 aromatic rings. The average Bonchev–Trinajstić information content (AvgIpc) is 3.27. The summed E-state index contributed by atoms with van der Waals surface area (Å²) in [5.41, 5.74) is 2.60. The number of nitrogens with one attached hydrogen (secondary N) is 1. The zero-order valence-corrected chi connectivity index (χ0v) is 16.2. The first kappa shape index (κ1) is 19.4. The van der Waals surface area contributed by atoms with Gasteiger partial charge >= 0.3 is 11.8 Å². The fourth-order valence-corrected chi connectivity index (χ4v) is 3.37. The number of nitro groups is 1. The van der Waals surface area contributed by atoms with E-state index in [-0.39, 0.29) is 11.8 Å². The zero-order chi connectivity index (χ0) is 20.9. The maximum atomic E-state index is 12.7. The number of aromatic nitrogens is 3. The van der Waals surface area contributed by atoms with Gasteiger partial charge in [0.15, 0.2) is 6.20 Å². The summed E-state index contributed by atoms with van der Waals surface area (Å²) in [5.74, 6) is -0.174. The molecule has 2 amide bonds. The number of hydrogen-bond donors (Lipinski definition) is 1. The van der Waals surface area contributed by atoms with E-state index in [1.165, 1.54) is 12.3 Å². The topological polar surface area (TPSA) is 109 Å². The van der Waals surface area contributed by atoms with Crippen LogP contribution in [0.15, 0.2) is 61.1 Å². The van der Waals surface area contributed by atoms with Crippen LogP contribution in [0.2, 0.25) is 0 Å². The molecule has 0 saturated carbocycles. The first-order valence-electron chi connectivity index (χ1n) is 9.56. The van der Waals surface area contributed by atoms with Crippen LogP contribution in [-0.4, -0.2) is 56.8 Å². The van der Waals surface area contributed by atoms with Crippen molar-refractivity contribution >= 4 is 23.2 Å². The highest BCUT2D eigenvalue weighted by Gasteiger charge is 2.22. The Hall–Kier alpha value is -3.95. The highest BCUT2D eigenvalue weighted by atomic mass is 16.6. The predicted octanol–water partition coefficient (Wildman–Crippen LogP) is 2.59. The lowest BCUT2D eigenvalue weighted by Crippen LogP contribution is -2.50. The third-order valence-corrected chi connectivity index (χ3v) is 4.93. The van der Waals surface area contributed by atoms with Gasteiger partial charge in [-0.1, -0.05) is 12.1 Å². The van der Waals surface area contributed by atoms with Gasteiger partial charge in [0.2, 0.25) is 0 Å². The maximum Gasteiger partial charge on any atom is 0.363 e. The van der Waals surface area contributed by atoms with Crippen molar-refractivity contribution < 1.29 is 9.72 Å². The molecule has 3 heterocycles. The number of benzene rings is 1. The number of urea groups is 1. The monoisotopic (exact) mass is 407 g/mol. The number of hydrogen-bond acceptors (Lipinski definition) is 6. The third kappa shape index (κ3) is 4.54. The van der Waals surface area contributed by atoms with Crippen molar-refractivity contribution in [1.82, 2.24) is 19.7 Å². The fourth-order valence-electron chi connectivity index (χ4n) is 3.37. The molecule has 0 bridgehead atoms. The van der Waals surface area contributed by atoms with Crippen LogP contribution in [0.5, 0.6) is 0 Å². The van der Waals surface area contributed by atoms with Crippen LogP contribution in [0.25, 0.3) is 0 Å². The molecule has 10 nitrogen and oxygen atoms in total. The number of rotatable bonds is 5. The predicted molar refractivity (Wildman–Crippen MR) is 111 cm³/mol. The van der Waals surface area contributed by atoms with E-state index in [9.17, 15) is 14.9 Å². The van der Waals surface area contributed by atoms with Crippen LogP contribution in [0.4, 0.5) is 22.0 Å². The summed E-state index contributed by atoms with van der Waals surface area (Å²) >= 11 is 0. The second-order valence-electron chi connectivity index (χ2n) is 6.94. The molecule has 0 aliphatic carbocycles. The molecule has 0 spiro atoms. The molecule has 1 aliphatic rings. The summed E-state index contributed by atoms with van der Waals surface area (Å²) in [6.45, 7) is 3.00. The Morgan fingerprint density at radius 1 is 1.13 bits per heavy atom. The Labute approximate surface area is 172 Å². The number of pyridine rings is 1. The van der Waals surface area contributed by atoms with E-state index in [1.54, 1.807) is 17.2 Å². The SMILES string of the molecule is O=C(Nc1cccc(Cn2cccn2)c1)N1CCN(c2ccc([N+](=O)[O-])nc2)CC1. The molecule has 1 N–H and O–H groups in total. The second kappa shape index (κ2) is 8.60. The maximum absolute atomic E-state index is 12.7. The number of amides is 2. The van der Waals surface area contributed by atoms with Gasteiger partial charge < -0.3 is 25.2 Å². The molecule has 1 aliphatic heterocycles. The Kier molecular flexibility index (Phi) is 5.55. The van der Waals surface area contributed by atoms with Crippen LogP contribution in [-0.2, 0) is 6.54 Å². The normalized spacial score (nSPS) is 13.9. The summed E-state index contributed by atoms with van der Waals surface area (Å²) in [6, 6.07) is 12.5. The van der Waals surface area contributed by atoms with Crippen molar-refractivity contribution in [3.63, 3.8) is 0 Å². The van der Waals surface area contributed by atoms with E-state index in [0.29, 0.717) is 32.7 Å². The molecule has 2 aromatic heterocycles. The van der Waals surface area contributed by atoms with Gasteiger partial charge in [-0.15, -0.1) is 0 Å². The van der Waals surface area contributed by atoms with Crippen LogP contribution in [0, 0.1) is 10.1 Å². The number of nitrogens with zero attached hydrogens (tertiary/aromatic N) is 6. The molecule has 1 fully saturated rings. The lowest BCUT2D eigenvalue weighted by Gasteiger charge is -2.35. The van der Waals surface area contributed by atoms with E-state index in [0.717, 1.165) is 16.9 Å². The Bertz CT molecular complexity index is 1010. The lowest BCUT2D eigenvalue weighted by molar-refractivity contribution is -0.389. The van der Waals surface area contributed by atoms with Crippen molar-refractivity contribution in [3.05, 3.63) is 76.7 Å². The van der Waals surface area contributed by atoms with Gasteiger partial charge in [-0.3, -0.25) is 4.68 Å². The Balaban J connectivity index is 1.31. The van der Waals surface area contributed by atoms with E-state index in [1.807, 2.05) is 41.2 Å². The molecule has 10 heteroatoms. The van der Waals surface area contributed by atoms with E-state index in [2.05, 4.69) is 20.3 Å². The van der Waals surface area contributed by atoms with Crippen LogP contribution in [0.1, 0.15) is 5.56 Å². The minimum absolute atomic E-state index is 0.146. The quantitative estimate of drug-likeness (QED) is 0.514. The standard InChI is InChI=1S/C20H21N7O3/c28-20(23-17-4-1-3-16(13-17)15-26-8-2-7-22-26)25-11-9-24(10-12-25)18-5-6-19(21-14-18)27(29)30/h1-8,13-14H,9-12,15H2,(H,23,28). The molecule has 0 atom stereocenters. The van der Waals surface area contributed by atoms with Crippen molar-refractivity contribution in [2.75, 3.05) is 36.4 Å². The average molecular weight is 407 g/mol. The highest BCUT2D eigenvalue weighted by Crippen LogP contribution is 2.19. The van der Waals surface area contributed by atoms with Gasteiger partial charge in [-0.25, -0.2) is 4.79 Å². The van der Waals surface area contributed by atoms with E-state index < -0.39 is 4.92 Å². The summed E-state index contributed by atoms with van der Waals surface area (Å²) in [6.07, 6.45) is 5.13. The summed E-state index contributed by atoms with van der Waals surface area (Å²) < 4.78 is 1.83. The molecule has 154 valence electrons. The first-order valence-corrected chi connectivity index (χ1v) is 9.56. The number of anilines is 2. The van der Waals surface area contributed by atoms with Gasteiger partial charge in [-0.2, -0.15) is 5.10 Å². The molecule has 4 rings (SSSR count). The summed E-state index contributed by atoms with van der Waals surface area (Å²) in [7, 11) is 0. The van der Waals surface area contributed by atoms with Gasteiger partial charge in [0.1, 0.15) is 0 Å². The molecular weight excluding hydrogens is 386 g/mol. The second-order valence-corrected chi connectivity index (χ2v) is 6.94. The van der Waals surface area contributed by atoms with Gasteiger partial charge in [0.25, 0.3) is 0 Å².